The molecule has 100 valence electrons. The van der Waals surface area contributed by atoms with Crippen molar-refractivity contribution in [2.24, 2.45) is 0 Å². The van der Waals surface area contributed by atoms with Gasteiger partial charge in [-0.15, -0.1) is 0 Å². The molecule has 2 aromatic carbocycles. The number of rotatable bonds is 4. The summed E-state index contributed by atoms with van der Waals surface area (Å²) in [6.07, 6.45) is 3.48. The third kappa shape index (κ3) is 2.80. The largest absolute Gasteiger partial charge is 0.508 e. The quantitative estimate of drug-likeness (QED) is 0.677. The van der Waals surface area contributed by atoms with Gasteiger partial charge >= 0.3 is 0 Å². The second-order valence-electron chi connectivity index (χ2n) is 4.56. The van der Waals surface area contributed by atoms with Gasteiger partial charge in [-0.2, -0.15) is 0 Å². The first-order valence-corrected chi connectivity index (χ1v) is 6.42. The Kier molecular flexibility index (Phi) is 3.37. The smallest absolute Gasteiger partial charge is 0.115 e. The molecule has 4 heteroatoms. The Bertz CT molecular complexity index is 658. The monoisotopic (exact) mass is 265 g/mol. The summed E-state index contributed by atoms with van der Waals surface area (Å²) in [4.78, 5) is 7.09. The number of hydrogen-bond donors (Lipinski definition) is 3. The minimum absolute atomic E-state index is 0.290. The topological polar surface area (TPSA) is 60.9 Å². The molecule has 0 radical (unpaired) electrons. The van der Waals surface area contributed by atoms with E-state index in [-0.39, 0.29) is 5.75 Å². The van der Waals surface area contributed by atoms with Gasteiger partial charge in [0.2, 0.25) is 0 Å². The van der Waals surface area contributed by atoms with Gasteiger partial charge in [0.1, 0.15) is 5.75 Å². The van der Waals surface area contributed by atoms with Crippen LogP contribution in [0.1, 0.15) is 5.56 Å². The molecule has 3 aromatic rings. The molecular weight excluding hydrogens is 250 g/mol. The van der Waals surface area contributed by atoms with Crippen LogP contribution in [-0.2, 0) is 6.54 Å². The van der Waals surface area contributed by atoms with Crippen LogP contribution in [0.3, 0.4) is 0 Å². The molecule has 0 fully saturated rings. The minimum atomic E-state index is 0.290. The van der Waals surface area contributed by atoms with Crippen LogP contribution in [0.15, 0.2) is 61.1 Å². The van der Waals surface area contributed by atoms with Crippen molar-refractivity contribution in [3.8, 4) is 17.0 Å². The van der Waals surface area contributed by atoms with Crippen LogP contribution in [0.2, 0.25) is 0 Å². The number of aromatic nitrogens is 2. The number of nitrogens with one attached hydrogen (secondary N) is 2. The van der Waals surface area contributed by atoms with Crippen molar-refractivity contribution in [1.82, 2.24) is 9.97 Å². The molecule has 0 saturated carbocycles. The fourth-order valence-corrected chi connectivity index (χ4v) is 2.00. The highest BCUT2D eigenvalue weighted by atomic mass is 16.3. The highest BCUT2D eigenvalue weighted by Gasteiger charge is 1.99. The SMILES string of the molecule is Oc1ccc(CNc2ccc(-c3cnc[nH]3)cc2)cc1. The minimum Gasteiger partial charge on any atom is -0.508 e. The molecule has 4 nitrogen and oxygen atoms in total. The summed E-state index contributed by atoms with van der Waals surface area (Å²) in [5, 5.41) is 12.6. The van der Waals surface area contributed by atoms with Gasteiger partial charge in [0.15, 0.2) is 0 Å². The highest BCUT2D eigenvalue weighted by molar-refractivity contribution is 5.61. The molecule has 0 atom stereocenters. The summed E-state index contributed by atoms with van der Waals surface area (Å²) >= 11 is 0. The average Bonchev–Trinajstić information content (AvgIpc) is 3.01. The molecule has 3 N–H and O–H groups in total. The Morgan fingerprint density at radius 1 is 1.00 bits per heavy atom. The summed E-state index contributed by atoms with van der Waals surface area (Å²) in [7, 11) is 0. The number of phenolic OH excluding ortho intramolecular Hbond substituents is 1. The van der Waals surface area contributed by atoms with Crippen LogP contribution in [-0.4, -0.2) is 15.1 Å². The van der Waals surface area contributed by atoms with Crippen LogP contribution in [0.4, 0.5) is 5.69 Å². The van der Waals surface area contributed by atoms with Crippen LogP contribution in [0.25, 0.3) is 11.3 Å². The second-order valence-corrected chi connectivity index (χ2v) is 4.56. The Morgan fingerprint density at radius 3 is 2.40 bits per heavy atom. The second kappa shape index (κ2) is 5.48. The summed E-state index contributed by atoms with van der Waals surface area (Å²) in [6.45, 7) is 0.726. The van der Waals surface area contributed by atoms with E-state index in [4.69, 9.17) is 0 Å². The van der Waals surface area contributed by atoms with Gasteiger partial charge in [-0.05, 0) is 35.4 Å². The summed E-state index contributed by atoms with van der Waals surface area (Å²) in [5.74, 6) is 0.290. The van der Waals surface area contributed by atoms with E-state index < -0.39 is 0 Å². The van der Waals surface area contributed by atoms with Gasteiger partial charge in [0, 0.05) is 12.2 Å². The van der Waals surface area contributed by atoms with E-state index in [1.807, 2.05) is 36.4 Å². The molecule has 3 rings (SSSR count). The fraction of sp³-hybridized carbons (Fsp3) is 0.0625. The number of benzene rings is 2. The molecule has 0 aliphatic rings. The maximum atomic E-state index is 9.23. The van der Waals surface area contributed by atoms with Crippen molar-refractivity contribution in [2.75, 3.05) is 5.32 Å². The summed E-state index contributed by atoms with van der Waals surface area (Å²) in [5.41, 5.74) is 4.30. The average molecular weight is 265 g/mol. The number of H-pyrrole nitrogens is 1. The number of phenols is 1. The summed E-state index contributed by atoms with van der Waals surface area (Å²) in [6, 6.07) is 15.4. The van der Waals surface area contributed by atoms with Gasteiger partial charge in [0.25, 0.3) is 0 Å². The number of aromatic hydroxyl groups is 1. The zero-order valence-corrected chi connectivity index (χ0v) is 10.9. The van der Waals surface area contributed by atoms with Crippen LogP contribution in [0.5, 0.6) is 5.75 Å². The molecule has 1 heterocycles. The van der Waals surface area contributed by atoms with Gasteiger partial charge in [-0.3, -0.25) is 0 Å². The lowest BCUT2D eigenvalue weighted by atomic mass is 10.1. The number of nitrogens with zero attached hydrogens (tertiary/aromatic N) is 1. The molecule has 0 saturated heterocycles. The molecule has 0 bridgehead atoms. The fourth-order valence-electron chi connectivity index (χ4n) is 2.00. The van der Waals surface area contributed by atoms with E-state index in [2.05, 4.69) is 15.3 Å². The lowest BCUT2D eigenvalue weighted by molar-refractivity contribution is 0.475. The molecular formula is C16H15N3O. The van der Waals surface area contributed by atoms with E-state index in [1.165, 1.54) is 0 Å². The van der Waals surface area contributed by atoms with E-state index in [1.54, 1.807) is 24.7 Å². The van der Waals surface area contributed by atoms with Crippen LogP contribution < -0.4 is 5.32 Å². The van der Waals surface area contributed by atoms with Crippen molar-refractivity contribution in [2.45, 2.75) is 6.54 Å². The van der Waals surface area contributed by atoms with Crippen LogP contribution in [0, 0.1) is 0 Å². The maximum Gasteiger partial charge on any atom is 0.115 e. The third-order valence-electron chi connectivity index (χ3n) is 3.13. The van der Waals surface area contributed by atoms with Crippen molar-refractivity contribution in [3.63, 3.8) is 0 Å². The molecule has 0 amide bonds. The molecule has 20 heavy (non-hydrogen) atoms. The Morgan fingerprint density at radius 2 is 1.75 bits per heavy atom. The molecule has 1 aromatic heterocycles. The molecule has 0 unspecified atom stereocenters. The lowest BCUT2D eigenvalue weighted by Crippen LogP contribution is -1.98. The number of imidazole rings is 1. The Labute approximate surface area is 117 Å². The normalized spacial score (nSPS) is 10.4. The number of aromatic amines is 1. The first-order chi connectivity index (χ1) is 9.81. The maximum absolute atomic E-state index is 9.23. The van der Waals surface area contributed by atoms with Crippen molar-refractivity contribution < 1.29 is 5.11 Å². The van der Waals surface area contributed by atoms with Crippen LogP contribution >= 0.6 is 0 Å². The zero-order valence-electron chi connectivity index (χ0n) is 10.9. The Balaban J connectivity index is 1.65. The first-order valence-electron chi connectivity index (χ1n) is 6.42. The molecule has 0 aliphatic heterocycles. The number of anilines is 1. The predicted molar refractivity (Wildman–Crippen MR) is 79.5 cm³/mol. The summed E-state index contributed by atoms with van der Waals surface area (Å²) < 4.78 is 0. The van der Waals surface area contributed by atoms with E-state index >= 15 is 0 Å². The Hall–Kier alpha value is -2.75. The van der Waals surface area contributed by atoms with E-state index in [0.717, 1.165) is 29.1 Å². The highest BCUT2D eigenvalue weighted by Crippen LogP contribution is 2.19. The van der Waals surface area contributed by atoms with Crippen molar-refractivity contribution in [3.05, 3.63) is 66.6 Å². The van der Waals surface area contributed by atoms with Crippen molar-refractivity contribution in [1.29, 1.82) is 0 Å². The first kappa shape index (κ1) is 12.3. The third-order valence-corrected chi connectivity index (χ3v) is 3.13. The lowest BCUT2D eigenvalue weighted by Gasteiger charge is -2.07. The standard InChI is InChI=1S/C16H15N3O/c20-15-7-1-12(2-8-15)9-18-14-5-3-13(4-6-14)16-10-17-11-19-16/h1-8,10-11,18,20H,9H2,(H,17,19). The van der Waals surface area contributed by atoms with Gasteiger partial charge in [0.05, 0.1) is 18.2 Å². The van der Waals surface area contributed by atoms with Crippen molar-refractivity contribution >= 4 is 5.69 Å². The van der Waals surface area contributed by atoms with Gasteiger partial charge in [-0.25, -0.2) is 4.98 Å². The van der Waals surface area contributed by atoms with Gasteiger partial charge in [-0.1, -0.05) is 24.3 Å². The molecule has 0 aliphatic carbocycles. The zero-order chi connectivity index (χ0) is 13.8. The number of hydrogen-bond acceptors (Lipinski definition) is 3. The predicted octanol–water partition coefficient (Wildman–Crippen LogP) is 3.39. The van der Waals surface area contributed by atoms with Gasteiger partial charge < -0.3 is 15.4 Å². The van der Waals surface area contributed by atoms with E-state index in [9.17, 15) is 5.11 Å². The molecule has 0 spiro atoms. The van der Waals surface area contributed by atoms with E-state index in [0.29, 0.717) is 0 Å².